The second kappa shape index (κ2) is 8.63. The van der Waals surface area contributed by atoms with E-state index in [1.807, 2.05) is 6.07 Å². The predicted octanol–water partition coefficient (Wildman–Crippen LogP) is 1.35. The highest BCUT2D eigenvalue weighted by Crippen LogP contribution is 2.28. The summed E-state index contributed by atoms with van der Waals surface area (Å²) in [5.41, 5.74) is 7.38. The van der Waals surface area contributed by atoms with Crippen molar-refractivity contribution in [3.05, 3.63) is 64.5 Å². The number of halogens is 1. The van der Waals surface area contributed by atoms with E-state index in [1.54, 1.807) is 12.1 Å². The molecule has 5 rings (SSSR count). The summed E-state index contributed by atoms with van der Waals surface area (Å²) in [4.78, 5) is 53.4. The smallest absolute Gasteiger partial charge is 0.322 e. The molecular formula is C23H19FN6O5. The predicted molar refractivity (Wildman–Crippen MR) is 118 cm³/mol. The summed E-state index contributed by atoms with van der Waals surface area (Å²) in [6.45, 7) is 0.573. The Balaban J connectivity index is 1.26. The minimum Gasteiger partial charge on any atom is -0.366 e. The Morgan fingerprint density at radius 1 is 1.23 bits per heavy atom. The quantitative estimate of drug-likeness (QED) is 0.448. The summed E-state index contributed by atoms with van der Waals surface area (Å²) in [6.07, 6.45) is 0.493. The van der Waals surface area contributed by atoms with Crippen LogP contribution in [0.3, 0.4) is 0 Å². The van der Waals surface area contributed by atoms with E-state index in [0.717, 1.165) is 17.2 Å². The zero-order valence-corrected chi connectivity index (χ0v) is 18.2. The number of rotatable bonds is 6. The van der Waals surface area contributed by atoms with Gasteiger partial charge in [0.1, 0.15) is 11.9 Å². The number of nitrogens with two attached hydrogens (primary N) is 1. The monoisotopic (exact) mass is 478 g/mol. The number of carbonyl (C=O) groups is 4. The van der Waals surface area contributed by atoms with Crippen LogP contribution < -0.4 is 16.4 Å². The molecule has 1 unspecified atom stereocenters. The van der Waals surface area contributed by atoms with Crippen molar-refractivity contribution in [1.82, 2.24) is 20.4 Å². The minimum absolute atomic E-state index is 0.103. The zero-order chi connectivity index (χ0) is 24.7. The maximum Gasteiger partial charge on any atom is 0.322 e. The molecule has 178 valence electrons. The van der Waals surface area contributed by atoms with Crippen molar-refractivity contribution in [3.8, 4) is 11.4 Å². The molecule has 1 saturated heterocycles. The van der Waals surface area contributed by atoms with Crippen LogP contribution in [0.25, 0.3) is 11.4 Å². The molecule has 0 radical (unpaired) electrons. The molecule has 1 aromatic heterocycles. The molecule has 11 nitrogen and oxygen atoms in total. The van der Waals surface area contributed by atoms with Gasteiger partial charge in [0.05, 0.1) is 5.56 Å². The second-order valence-electron chi connectivity index (χ2n) is 8.23. The molecule has 0 bridgehead atoms. The minimum atomic E-state index is -0.905. The van der Waals surface area contributed by atoms with Gasteiger partial charge in [0.2, 0.25) is 17.6 Å². The highest BCUT2D eigenvalue weighted by atomic mass is 19.1. The Labute approximate surface area is 197 Å². The van der Waals surface area contributed by atoms with Crippen LogP contribution in [0.2, 0.25) is 0 Å². The standard InChI is InChI=1S/C23H19FN6O5/c24-16-4-2-12(8-15(16)19(25)32)20-28-23(35-29-20)26-9-11-1-3-14-13(7-11)10-30(22(14)34)17-5-6-18(31)27-21(17)33/h1-4,7-8,17H,5-6,9-10H2,(H2,25,32)(H,26,28,29)(H,27,31,33). The number of nitrogens with one attached hydrogen (secondary N) is 2. The Morgan fingerprint density at radius 3 is 2.83 bits per heavy atom. The van der Waals surface area contributed by atoms with E-state index in [-0.39, 0.29) is 42.2 Å². The molecule has 12 heteroatoms. The lowest BCUT2D eigenvalue weighted by Crippen LogP contribution is -2.52. The molecule has 1 fully saturated rings. The van der Waals surface area contributed by atoms with Gasteiger partial charge in [-0.1, -0.05) is 17.3 Å². The average molecular weight is 478 g/mol. The van der Waals surface area contributed by atoms with Crippen LogP contribution in [0.1, 0.15) is 44.7 Å². The van der Waals surface area contributed by atoms with Crippen LogP contribution in [0.4, 0.5) is 10.4 Å². The largest absolute Gasteiger partial charge is 0.366 e. The third-order valence-electron chi connectivity index (χ3n) is 5.95. The van der Waals surface area contributed by atoms with Gasteiger partial charge in [0.15, 0.2) is 0 Å². The summed E-state index contributed by atoms with van der Waals surface area (Å²) in [6, 6.07) is 8.50. The maximum atomic E-state index is 13.7. The molecular weight excluding hydrogens is 459 g/mol. The van der Waals surface area contributed by atoms with Crippen LogP contribution in [0, 0.1) is 5.82 Å². The fraction of sp³-hybridized carbons (Fsp3) is 0.217. The van der Waals surface area contributed by atoms with Gasteiger partial charge in [-0.3, -0.25) is 24.5 Å². The summed E-state index contributed by atoms with van der Waals surface area (Å²) in [5.74, 6) is -2.53. The van der Waals surface area contributed by atoms with E-state index in [2.05, 4.69) is 20.8 Å². The number of nitrogens with zero attached hydrogens (tertiary/aromatic N) is 3. The number of hydrogen-bond donors (Lipinski definition) is 3. The van der Waals surface area contributed by atoms with Crippen LogP contribution in [-0.4, -0.2) is 44.7 Å². The van der Waals surface area contributed by atoms with Gasteiger partial charge in [-0.05, 0) is 41.8 Å². The average Bonchev–Trinajstić information content (AvgIpc) is 3.42. The van der Waals surface area contributed by atoms with Crippen molar-refractivity contribution in [2.75, 3.05) is 5.32 Å². The Kier molecular flexibility index (Phi) is 5.47. The van der Waals surface area contributed by atoms with Gasteiger partial charge < -0.3 is 20.5 Å². The molecule has 1 atom stereocenters. The van der Waals surface area contributed by atoms with Crippen molar-refractivity contribution in [2.45, 2.75) is 32.0 Å². The summed E-state index contributed by atoms with van der Waals surface area (Å²) in [5, 5.41) is 9.10. The van der Waals surface area contributed by atoms with E-state index in [9.17, 15) is 23.6 Å². The zero-order valence-electron chi connectivity index (χ0n) is 18.2. The van der Waals surface area contributed by atoms with Crippen LogP contribution >= 0.6 is 0 Å². The number of anilines is 1. The summed E-state index contributed by atoms with van der Waals surface area (Å²) >= 11 is 0. The van der Waals surface area contributed by atoms with E-state index in [4.69, 9.17) is 10.3 Å². The lowest BCUT2D eigenvalue weighted by atomic mass is 10.0. The Hall–Kier alpha value is -4.61. The van der Waals surface area contributed by atoms with Crippen LogP contribution in [0.15, 0.2) is 40.9 Å². The Morgan fingerprint density at radius 2 is 2.06 bits per heavy atom. The Bertz CT molecular complexity index is 1390. The molecule has 35 heavy (non-hydrogen) atoms. The topological polar surface area (TPSA) is 161 Å². The normalized spacial score (nSPS) is 17.3. The molecule has 2 aromatic carbocycles. The van der Waals surface area contributed by atoms with E-state index in [0.29, 0.717) is 24.1 Å². The SMILES string of the molecule is NC(=O)c1cc(-c2noc(NCc3ccc4c(c3)CN(C3CCC(=O)NC3=O)C4=O)n2)ccc1F. The first-order valence-electron chi connectivity index (χ1n) is 10.7. The van der Waals surface area contributed by atoms with Gasteiger partial charge in [0.25, 0.3) is 11.8 Å². The number of primary amides is 1. The third kappa shape index (κ3) is 4.21. The fourth-order valence-electron chi connectivity index (χ4n) is 4.18. The lowest BCUT2D eigenvalue weighted by Gasteiger charge is -2.29. The number of carbonyl (C=O) groups excluding carboxylic acids is 4. The first-order valence-corrected chi connectivity index (χ1v) is 10.7. The van der Waals surface area contributed by atoms with E-state index in [1.165, 1.54) is 17.0 Å². The van der Waals surface area contributed by atoms with Crippen molar-refractivity contribution >= 4 is 29.6 Å². The van der Waals surface area contributed by atoms with Gasteiger partial charge >= 0.3 is 6.01 Å². The number of piperidine rings is 1. The molecule has 2 aliphatic heterocycles. The second-order valence-corrected chi connectivity index (χ2v) is 8.23. The highest BCUT2D eigenvalue weighted by Gasteiger charge is 2.39. The molecule has 3 aromatic rings. The van der Waals surface area contributed by atoms with Crippen molar-refractivity contribution in [1.29, 1.82) is 0 Å². The van der Waals surface area contributed by atoms with Gasteiger partial charge in [-0.15, -0.1) is 0 Å². The third-order valence-corrected chi connectivity index (χ3v) is 5.95. The number of hydrogen-bond acceptors (Lipinski definition) is 8. The van der Waals surface area contributed by atoms with Crippen LogP contribution in [-0.2, 0) is 22.7 Å². The molecule has 0 saturated carbocycles. The number of aromatic nitrogens is 2. The lowest BCUT2D eigenvalue weighted by molar-refractivity contribution is -0.136. The van der Waals surface area contributed by atoms with Gasteiger partial charge in [0, 0.05) is 30.6 Å². The summed E-state index contributed by atoms with van der Waals surface area (Å²) in [7, 11) is 0. The number of amides is 4. The molecule has 0 spiro atoms. The maximum absolute atomic E-state index is 13.7. The molecule has 4 N–H and O–H groups in total. The van der Waals surface area contributed by atoms with Crippen LogP contribution in [0.5, 0.6) is 0 Å². The van der Waals surface area contributed by atoms with E-state index >= 15 is 0 Å². The first-order chi connectivity index (χ1) is 16.8. The fourth-order valence-corrected chi connectivity index (χ4v) is 4.18. The first kappa shape index (κ1) is 22.2. The van der Waals surface area contributed by atoms with Crippen molar-refractivity contribution in [3.63, 3.8) is 0 Å². The molecule has 3 heterocycles. The molecule has 2 aliphatic rings. The number of fused-ring (bicyclic) bond motifs is 1. The van der Waals surface area contributed by atoms with Crippen molar-refractivity contribution < 1.29 is 28.1 Å². The van der Waals surface area contributed by atoms with Gasteiger partial charge in [-0.25, -0.2) is 4.39 Å². The molecule has 0 aliphatic carbocycles. The van der Waals surface area contributed by atoms with Gasteiger partial charge in [-0.2, -0.15) is 4.98 Å². The van der Waals surface area contributed by atoms with E-state index < -0.39 is 23.7 Å². The summed E-state index contributed by atoms with van der Waals surface area (Å²) < 4.78 is 18.9. The number of imide groups is 1. The molecule has 4 amide bonds. The number of benzene rings is 2. The van der Waals surface area contributed by atoms with Crippen molar-refractivity contribution in [2.24, 2.45) is 5.73 Å². The highest BCUT2D eigenvalue weighted by molar-refractivity contribution is 6.05.